The molecule has 0 aromatic heterocycles. The molecule has 0 spiro atoms. The van der Waals surface area contributed by atoms with E-state index in [0.29, 0.717) is 24.7 Å². The molecule has 2 aliphatic rings. The van der Waals surface area contributed by atoms with Crippen molar-refractivity contribution < 1.29 is 24.1 Å². The van der Waals surface area contributed by atoms with E-state index in [0.717, 1.165) is 28.2 Å². The molecule has 2 heterocycles. The van der Waals surface area contributed by atoms with Crippen LogP contribution in [0.4, 0.5) is 0 Å². The van der Waals surface area contributed by atoms with Crippen molar-refractivity contribution >= 4 is 0 Å². The van der Waals surface area contributed by atoms with Gasteiger partial charge in [0.15, 0.2) is 11.5 Å². The molecule has 2 atom stereocenters. The highest BCUT2D eigenvalue weighted by molar-refractivity contribution is 5.58. The SMILES string of the molecule is COc1ccc2c(c1)OC[C@]1(C)c3cc(O)c(OCc4ccccc4)cc3O[C@H]21. The van der Waals surface area contributed by atoms with Crippen LogP contribution in [0.1, 0.15) is 29.7 Å². The van der Waals surface area contributed by atoms with Gasteiger partial charge in [-0.1, -0.05) is 30.3 Å². The van der Waals surface area contributed by atoms with Crippen molar-refractivity contribution in [1.29, 1.82) is 0 Å². The van der Waals surface area contributed by atoms with Crippen molar-refractivity contribution in [3.8, 4) is 28.7 Å². The molecule has 5 heteroatoms. The smallest absolute Gasteiger partial charge is 0.165 e. The Balaban J connectivity index is 1.46. The molecule has 0 unspecified atom stereocenters. The van der Waals surface area contributed by atoms with Gasteiger partial charge in [0.25, 0.3) is 0 Å². The van der Waals surface area contributed by atoms with Crippen LogP contribution in [0.25, 0.3) is 0 Å². The average Bonchev–Trinajstić information content (AvgIpc) is 3.04. The highest BCUT2D eigenvalue weighted by atomic mass is 16.5. The van der Waals surface area contributed by atoms with E-state index in [1.807, 2.05) is 48.5 Å². The number of aromatic hydroxyl groups is 1. The van der Waals surface area contributed by atoms with E-state index in [2.05, 4.69) is 6.92 Å². The molecule has 0 saturated heterocycles. The maximum Gasteiger partial charge on any atom is 0.165 e. The third-order valence-electron chi connectivity index (χ3n) is 5.77. The summed E-state index contributed by atoms with van der Waals surface area (Å²) in [4.78, 5) is 0. The van der Waals surface area contributed by atoms with Gasteiger partial charge in [-0.05, 0) is 30.7 Å². The number of rotatable bonds is 4. The van der Waals surface area contributed by atoms with Crippen LogP contribution in [0.5, 0.6) is 28.7 Å². The standard InChI is InChI=1S/C24H22O5/c1-24-14-28-20-10-16(26-2)8-9-17(20)23(24)29-21-12-22(19(25)11-18(21)24)27-13-15-6-4-3-5-7-15/h3-12,23,25H,13-14H2,1-2H3/t23-,24-/m1/s1. The van der Waals surface area contributed by atoms with Crippen molar-refractivity contribution in [2.24, 2.45) is 0 Å². The third-order valence-corrected chi connectivity index (χ3v) is 5.77. The Morgan fingerprint density at radius 3 is 2.69 bits per heavy atom. The van der Waals surface area contributed by atoms with Gasteiger partial charge in [0.2, 0.25) is 0 Å². The first-order valence-electron chi connectivity index (χ1n) is 9.60. The summed E-state index contributed by atoms with van der Waals surface area (Å²) in [5, 5.41) is 10.6. The molecule has 5 rings (SSSR count). The zero-order valence-electron chi connectivity index (χ0n) is 16.3. The molecule has 3 aromatic carbocycles. The lowest BCUT2D eigenvalue weighted by atomic mass is 9.75. The second kappa shape index (κ2) is 6.62. The summed E-state index contributed by atoms with van der Waals surface area (Å²) >= 11 is 0. The van der Waals surface area contributed by atoms with Crippen LogP contribution in [0.15, 0.2) is 60.7 Å². The van der Waals surface area contributed by atoms with E-state index < -0.39 is 5.41 Å². The maximum atomic E-state index is 10.6. The summed E-state index contributed by atoms with van der Waals surface area (Å²) in [5.74, 6) is 2.74. The highest BCUT2D eigenvalue weighted by Crippen LogP contribution is 2.57. The highest BCUT2D eigenvalue weighted by Gasteiger charge is 2.51. The van der Waals surface area contributed by atoms with Gasteiger partial charge in [0.05, 0.1) is 12.5 Å². The Kier molecular flexibility index (Phi) is 4.05. The van der Waals surface area contributed by atoms with Crippen molar-refractivity contribution in [3.63, 3.8) is 0 Å². The molecule has 148 valence electrons. The fourth-order valence-corrected chi connectivity index (χ4v) is 4.11. The number of fused-ring (bicyclic) bond motifs is 5. The number of hydrogen-bond acceptors (Lipinski definition) is 5. The number of phenols is 1. The Labute approximate surface area is 169 Å². The summed E-state index contributed by atoms with van der Waals surface area (Å²) in [7, 11) is 1.64. The van der Waals surface area contributed by atoms with Gasteiger partial charge in [-0.3, -0.25) is 0 Å². The largest absolute Gasteiger partial charge is 0.504 e. The lowest BCUT2D eigenvalue weighted by Crippen LogP contribution is -2.38. The summed E-state index contributed by atoms with van der Waals surface area (Å²) < 4.78 is 23.6. The van der Waals surface area contributed by atoms with E-state index in [4.69, 9.17) is 18.9 Å². The molecule has 3 aromatic rings. The number of phenolic OH excluding ortho intramolecular Hbond substituents is 1. The molecule has 0 fully saturated rings. The van der Waals surface area contributed by atoms with Crippen LogP contribution in [-0.2, 0) is 12.0 Å². The Bertz CT molecular complexity index is 1060. The van der Waals surface area contributed by atoms with Crippen molar-refractivity contribution in [2.75, 3.05) is 13.7 Å². The van der Waals surface area contributed by atoms with E-state index in [9.17, 15) is 5.11 Å². The predicted molar refractivity (Wildman–Crippen MR) is 108 cm³/mol. The van der Waals surface area contributed by atoms with Gasteiger partial charge in [-0.2, -0.15) is 0 Å². The summed E-state index contributed by atoms with van der Waals surface area (Å²) in [5.41, 5.74) is 2.53. The Morgan fingerprint density at radius 2 is 1.90 bits per heavy atom. The minimum Gasteiger partial charge on any atom is -0.504 e. The molecule has 2 aliphatic heterocycles. The molecule has 0 saturated carbocycles. The molecule has 0 bridgehead atoms. The van der Waals surface area contributed by atoms with Gasteiger partial charge in [-0.15, -0.1) is 0 Å². The van der Waals surface area contributed by atoms with Gasteiger partial charge in [-0.25, -0.2) is 0 Å². The molecular formula is C24H22O5. The predicted octanol–water partition coefficient (Wildman–Crippen LogP) is 4.76. The zero-order chi connectivity index (χ0) is 20.0. The molecule has 29 heavy (non-hydrogen) atoms. The lowest BCUT2D eigenvalue weighted by molar-refractivity contribution is 0.0823. The van der Waals surface area contributed by atoms with Gasteiger partial charge in [0, 0.05) is 23.3 Å². The fourth-order valence-electron chi connectivity index (χ4n) is 4.11. The first-order valence-corrected chi connectivity index (χ1v) is 9.60. The summed E-state index contributed by atoms with van der Waals surface area (Å²) in [6, 6.07) is 19.1. The molecule has 1 N–H and O–H groups in total. The number of hydrogen-bond donors (Lipinski definition) is 1. The van der Waals surface area contributed by atoms with Crippen molar-refractivity contribution in [1.82, 2.24) is 0 Å². The van der Waals surface area contributed by atoms with Crippen LogP contribution in [0.3, 0.4) is 0 Å². The van der Waals surface area contributed by atoms with Gasteiger partial charge in [0.1, 0.15) is 36.6 Å². The molecule has 0 aliphatic carbocycles. The number of benzene rings is 3. The van der Waals surface area contributed by atoms with E-state index in [1.165, 1.54) is 0 Å². The first kappa shape index (κ1) is 17.7. The lowest BCUT2D eigenvalue weighted by Gasteiger charge is -2.36. The topological polar surface area (TPSA) is 57.2 Å². The minimum absolute atomic E-state index is 0.102. The van der Waals surface area contributed by atoms with E-state index in [-0.39, 0.29) is 11.9 Å². The van der Waals surface area contributed by atoms with Crippen molar-refractivity contribution in [2.45, 2.75) is 25.0 Å². The normalized spacial score (nSPS) is 21.2. The fraction of sp³-hybridized carbons (Fsp3) is 0.250. The second-order valence-corrected chi connectivity index (χ2v) is 7.70. The Hall–Kier alpha value is -3.34. The monoisotopic (exact) mass is 390 g/mol. The minimum atomic E-state index is -0.396. The van der Waals surface area contributed by atoms with Crippen LogP contribution >= 0.6 is 0 Å². The van der Waals surface area contributed by atoms with E-state index >= 15 is 0 Å². The zero-order valence-corrected chi connectivity index (χ0v) is 16.3. The summed E-state index contributed by atoms with van der Waals surface area (Å²) in [6.07, 6.45) is -0.198. The first-order chi connectivity index (χ1) is 14.1. The number of ether oxygens (including phenoxy) is 4. The third kappa shape index (κ3) is 2.85. The van der Waals surface area contributed by atoms with E-state index in [1.54, 1.807) is 19.2 Å². The van der Waals surface area contributed by atoms with Crippen molar-refractivity contribution in [3.05, 3.63) is 77.4 Å². The van der Waals surface area contributed by atoms with Crippen LogP contribution in [0.2, 0.25) is 0 Å². The van der Waals surface area contributed by atoms with Crippen LogP contribution < -0.4 is 18.9 Å². The molecule has 5 nitrogen and oxygen atoms in total. The molecular weight excluding hydrogens is 368 g/mol. The quantitative estimate of drug-likeness (QED) is 0.696. The average molecular weight is 390 g/mol. The van der Waals surface area contributed by atoms with Crippen LogP contribution in [-0.4, -0.2) is 18.8 Å². The van der Waals surface area contributed by atoms with Crippen LogP contribution in [0, 0.1) is 0 Å². The second-order valence-electron chi connectivity index (χ2n) is 7.70. The molecule has 0 radical (unpaired) electrons. The maximum absolute atomic E-state index is 10.6. The molecule has 0 amide bonds. The summed E-state index contributed by atoms with van der Waals surface area (Å²) in [6.45, 7) is 2.93. The van der Waals surface area contributed by atoms with Gasteiger partial charge >= 0.3 is 0 Å². The van der Waals surface area contributed by atoms with Gasteiger partial charge < -0.3 is 24.1 Å². The Morgan fingerprint density at radius 1 is 1.07 bits per heavy atom. The number of methoxy groups -OCH3 is 1.